The summed E-state index contributed by atoms with van der Waals surface area (Å²) < 4.78 is 0. The van der Waals surface area contributed by atoms with Crippen molar-refractivity contribution >= 4 is 0 Å². The van der Waals surface area contributed by atoms with Crippen molar-refractivity contribution in [1.82, 2.24) is 5.32 Å². The zero-order valence-corrected chi connectivity index (χ0v) is 7.52. The number of hydrogen-bond donors (Lipinski definition) is 2. The van der Waals surface area contributed by atoms with Crippen LogP contribution in [0.15, 0.2) is 22.4 Å². The Hall–Kier alpha value is -0.760. The first-order chi connectivity index (χ1) is 5.04. The van der Waals surface area contributed by atoms with Crippen LogP contribution in [-0.2, 0) is 0 Å². The van der Waals surface area contributed by atoms with Crippen molar-refractivity contribution < 1.29 is 5.11 Å². The van der Waals surface area contributed by atoms with Crippen molar-refractivity contribution in [1.29, 1.82) is 0 Å². The molecule has 1 heterocycles. The third kappa shape index (κ3) is 1.31. The van der Waals surface area contributed by atoms with E-state index in [0.29, 0.717) is 0 Å². The van der Waals surface area contributed by atoms with Crippen molar-refractivity contribution in [2.45, 2.75) is 33.9 Å². The van der Waals surface area contributed by atoms with Gasteiger partial charge in [-0.2, -0.15) is 0 Å². The van der Waals surface area contributed by atoms with E-state index in [4.69, 9.17) is 0 Å². The lowest BCUT2D eigenvalue weighted by molar-refractivity contribution is 0.181. The molecule has 11 heavy (non-hydrogen) atoms. The maximum absolute atomic E-state index is 9.43. The van der Waals surface area contributed by atoms with Gasteiger partial charge in [-0.3, -0.25) is 0 Å². The summed E-state index contributed by atoms with van der Waals surface area (Å²) in [4.78, 5) is 0. The average Bonchev–Trinajstić information content (AvgIpc) is 1.97. The van der Waals surface area contributed by atoms with Gasteiger partial charge in [0.1, 0.15) is 6.23 Å². The summed E-state index contributed by atoms with van der Waals surface area (Å²) in [5.74, 6) is 0. The van der Waals surface area contributed by atoms with E-state index < -0.39 is 6.23 Å². The molecule has 2 N–H and O–H groups in total. The summed E-state index contributed by atoms with van der Waals surface area (Å²) in [6.45, 7) is 8.03. The molecule has 1 aliphatic heterocycles. The van der Waals surface area contributed by atoms with E-state index in [-0.39, 0.29) is 0 Å². The lowest BCUT2D eigenvalue weighted by Gasteiger charge is -2.25. The summed E-state index contributed by atoms with van der Waals surface area (Å²) in [5.41, 5.74) is 4.54. The van der Waals surface area contributed by atoms with Crippen LogP contribution in [0.25, 0.3) is 0 Å². The molecule has 1 rings (SSSR count). The van der Waals surface area contributed by atoms with Crippen LogP contribution in [0.5, 0.6) is 0 Å². The van der Waals surface area contributed by atoms with E-state index in [1.807, 2.05) is 20.8 Å². The predicted molar refractivity (Wildman–Crippen MR) is 45.9 cm³/mol. The summed E-state index contributed by atoms with van der Waals surface area (Å²) in [7, 11) is 0. The summed E-state index contributed by atoms with van der Waals surface area (Å²) in [6, 6.07) is 0. The van der Waals surface area contributed by atoms with Gasteiger partial charge >= 0.3 is 0 Å². The number of dihydropyridines is 1. The molecule has 0 aliphatic carbocycles. The summed E-state index contributed by atoms with van der Waals surface area (Å²) in [5, 5.41) is 12.4. The van der Waals surface area contributed by atoms with E-state index >= 15 is 0 Å². The molecular formula is C9H15NO. The first-order valence-corrected chi connectivity index (χ1v) is 3.84. The first kappa shape index (κ1) is 8.34. The largest absolute Gasteiger partial charge is 0.370 e. The Morgan fingerprint density at radius 2 is 1.64 bits per heavy atom. The van der Waals surface area contributed by atoms with Crippen LogP contribution in [0.4, 0.5) is 0 Å². The smallest absolute Gasteiger partial charge is 0.146 e. The zero-order valence-electron chi connectivity index (χ0n) is 7.52. The van der Waals surface area contributed by atoms with Crippen molar-refractivity contribution in [3.63, 3.8) is 0 Å². The Kier molecular flexibility index (Phi) is 2.05. The Morgan fingerprint density at radius 3 is 2.18 bits per heavy atom. The van der Waals surface area contributed by atoms with Gasteiger partial charge in [0.05, 0.1) is 0 Å². The van der Waals surface area contributed by atoms with E-state index in [1.165, 1.54) is 11.1 Å². The van der Waals surface area contributed by atoms with Gasteiger partial charge in [0.15, 0.2) is 0 Å². The highest BCUT2D eigenvalue weighted by Gasteiger charge is 2.16. The second kappa shape index (κ2) is 2.70. The molecule has 0 amide bonds. The van der Waals surface area contributed by atoms with Gasteiger partial charge in [-0.25, -0.2) is 0 Å². The normalized spacial score (nSPS) is 25.7. The lowest BCUT2D eigenvalue weighted by atomic mass is 9.98. The minimum absolute atomic E-state index is 0.487. The van der Waals surface area contributed by atoms with Gasteiger partial charge in [-0.15, -0.1) is 0 Å². The number of hydrogen-bond acceptors (Lipinski definition) is 2. The molecule has 0 bridgehead atoms. The lowest BCUT2D eigenvalue weighted by Crippen LogP contribution is -2.32. The zero-order chi connectivity index (χ0) is 8.59. The molecule has 1 aliphatic rings. The van der Waals surface area contributed by atoms with Crippen LogP contribution in [0.3, 0.4) is 0 Å². The third-order valence-electron chi connectivity index (χ3n) is 2.48. The number of rotatable bonds is 0. The van der Waals surface area contributed by atoms with Gasteiger partial charge in [-0.1, -0.05) is 0 Å². The first-order valence-electron chi connectivity index (χ1n) is 3.84. The third-order valence-corrected chi connectivity index (χ3v) is 2.48. The molecule has 0 spiro atoms. The van der Waals surface area contributed by atoms with E-state index in [0.717, 1.165) is 11.3 Å². The highest BCUT2D eigenvalue weighted by Crippen LogP contribution is 2.22. The molecule has 0 saturated carbocycles. The summed E-state index contributed by atoms with van der Waals surface area (Å²) in [6.07, 6.45) is -0.487. The molecule has 0 aromatic rings. The second-order valence-corrected chi connectivity index (χ2v) is 3.10. The molecule has 62 valence electrons. The van der Waals surface area contributed by atoms with Crippen molar-refractivity contribution in [3.05, 3.63) is 22.4 Å². The quantitative estimate of drug-likeness (QED) is 0.553. The van der Waals surface area contributed by atoms with Gasteiger partial charge in [0.2, 0.25) is 0 Å². The molecule has 1 unspecified atom stereocenters. The van der Waals surface area contributed by atoms with E-state index in [9.17, 15) is 5.11 Å². The Bertz CT molecular complexity index is 238. The Labute approximate surface area is 67.6 Å². The summed E-state index contributed by atoms with van der Waals surface area (Å²) >= 11 is 0. The maximum Gasteiger partial charge on any atom is 0.146 e. The van der Waals surface area contributed by atoms with Crippen LogP contribution in [0.1, 0.15) is 27.7 Å². The van der Waals surface area contributed by atoms with Gasteiger partial charge in [-0.05, 0) is 44.4 Å². The highest BCUT2D eigenvalue weighted by atomic mass is 16.3. The number of nitrogens with one attached hydrogen (secondary N) is 1. The van der Waals surface area contributed by atoms with Crippen LogP contribution in [0, 0.1) is 0 Å². The van der Waals surface area contributed by atoms with Crippen molar-refractivity contribution in [2.24, 2.45) is 0 Å². The standard InChI is InChI=1S/C9H15NO/c1-5-6(2)8(4)10-9(11)7(5)3/h9-11H,1-4H3. The molecular weight excluding hydrogens is 138 g/mol. The topological polar surface area (TPSA) is 32.3 Å². The fraction of sp³-hybridized carbons (Fsp3) is 0.556. The minimum atomic E-state index is -0.487. The van der Waals surface area contributed by atoms with Crippen LogP contribution >= 0.6 is 0 Å². The SMILES string of the molecule is CC1=C(C)C(C)=C(C)C(O)N1. The minimum Gasteiger partial charge on any atom is -0.370 e. The van der Waals surface area contributed by atoms with E-state index in [2.05, 4.69) is 12.2 Å². The average molecular weight is 153 g/mol. The molecule has 2 nitrogen and oxygen atoms in total. The highest BCUT2D eigenvalue weighted by molar-refractivity contribution is 5.39. The number of aliphatic hydroxyl groups excluding tert-OH is 1. The van der Waals surface area contributed by atoms with Crippen molar-refractivity contribution in [2.75, 3.05) is 0 Å². The van der Waals surface area contributed by atoms with Gasteiger partial charge < -0.3 is 10.4 Å². The monoisotopic (exact) mass is 153 g/mol. The maximum atomic E-state index is 9.43. The van der Waals surface area contributed by atoms with Crippen LogP contribution in [-0.4, -0.2) is 11.3 Å². The fourth-order valence-electron chi connectivity index (χ4n) is 1.20. The molecule has 0 aromatic heterocycles. The molecule has 0 radical (unpaired) electrons. The van der Waals surface area contributed by atoms with E-state index in [1.54, 1.807) is 0 Å². The second-order valence-electron chi connectivity index (χ2n) is 3.10. The fourth-order valence-corrected chi connectivity index (χ4v) is 1.20. The molecule has 0 fully saturated rings. The van der Waals surface area contributed by atoms with Crippen LogP contribution < -0.4 is 5.32 Å². The van der Waals surface area contributed by atoms with Gasteiger partial charge in [0.25, 0.3) is 0 Å². The molecule has 1 atom stereocenters. The van der Waals surface area contributed by atoms with Crippen LogP contribution in [0.2, 0.25) is 0 Å². The molecule has 2 heteroatoms. The van der Waals surface area contributed by atoms with Gasteiger partial charge in [0, 0.05) is 5.70 Å². The molecule has 0 aromatic carbocycles. The number of aliphatic hydroxyl groups is 1. The van der Waals surface area contributed by atoms with Crippen molar-refractivity contribution in [3.8, 4) is 0 Å². The number of allylic oxidation sites excluding steroid dienone is 3. The predicted octanol–water partition coefficient (Wildman–Crippen LogP) is 1.54. The Morgan fingerprint density at radius 1 is 1.09 bits per heavy atom. The molecule has 0 saturated heterocycles. The Balaban J connectivity index is 3.07.